The van der Waals surface area contributed by atoms with Gasteiger partial charge in [-0.15, -0.1) is 22.7 Å². The van der Waals surface area contributed by atoms with E-state index in [1.165, 1.54) is 15.3 Å². The SMILES string of the molecule is O=C1[C@@H]2CC=CC[C@H]2C(=O)N1CCC(=O)N1CCc2sccc2[C@@H]1c1cccs1. The molecular formula is C22H22N2O3S2. The predicted molar refractivity (Wildman–Crippen MR) is 113 cm³/mol. The fourth-order valence-electron chi connectivity index (χ4n) is 4.78. The monoisotopic (exact) mass is 426 g/mol. The van der Waals surface area contributed by atoms with Crippen molar-refractivity contribution >= 4 is 40.4 Å². The fourth-order valence-corrected chi connectivity index (χ4v) is 6.54. The highest BCUT2D eigenvalue weighted by atomic mass is 32.1. The number of thiophene rings is 2. The highest BCUT2D eigenvalue weighted by molar-refractivity contribution is 7.10. The molecule has 5 nitrogen and oxygen atoms in total. The molecule has 5 rings (SSSR count). The van der Waals surface area contributed by atoms with E-state index in [1.54, 1.807) is 22.7 Å². The lowest BCUT2D eigenvalue weighted by Gasteiger charge is -2.36. The van der Waals surface area contributed by atoms with E-state index in [0.717, 1.165) is 11.3 Å². The summed E-state index contributed by atoms with van der Waals surface area (Å²) in [6.07, 6.45) is 6.28. The van der Waals surface area contributed by atoms with Crippen LogP contribution in [0.4, 0.5) is 0 Å². The van der Waals surface area contributed by atoms with E-state index in [9.17, 15) is 14.4 Å². The van der Waals surface area contributed by atoms with Gasteiger partial charge in [0.05, 0.1) is 17.9 Å². The molecule has 3 atom stereocenters. The molecule has 0 spiro atoms. The zero-order chi connectivity index (χ0) is 20.0. The molecule has 1 saturated heterocycles. The Hall–Kier alpha value is -2.25. The molecule has 2 aliphatic heterocycles. The zero-order valence-corrected chi connectivity index (χ0v) is 17.6. The second kappa shape index (κ2) is 7.54. The summed E-state index contributed by atoms with van der Waals surface area (Å²) in [5.74, 6) is -0.667. The van der Waals surface area contributed by atoms with Crippen molar-refractivity contribution in [3.05, 3.63) is 56.4 Å². The van der Waals surface area contributed by atoms with Crippen LogP contribution in [-0.4, -0.2) is 40.6 Å². The van der Waals surface area contributed by atoms with Gasteiger partial charge in [-0.05, 0) is 47.7 Å². The molecule has 29 heavy (non-hydrogen) atoms. The lowest BCUT2D eigenvalue weighted by atomic mass is 9.85. The number of likely N-dealkylation sites (tertiary alicyclic amines) is 1. The number of imide groups is 1. The Morgan fingerprint density at radius 1 is 1.03 bits per heavy atom. The molecule has 0 radical (unpaired) electrons. The van der Waals surface area contributed by atoms with Crippen molar-refractivity contribution in [3.63, 3.8) is 0 Å². The van der Waals surface area contributed by atoms with Gasteiger partial charge in [-0.2, -0.15) is 0 Å². The third kappa shape index (κ3) is 3.16. The normalized spacial score (nSPS) is 26.0. The van der Waals surface area contributed by atoms with Crippen LogP contribution in [0.1, 0.15) is 40.6 Å². The van der Waals surface area contributed by atoms with Crippen LogP contribution in [0.5, 0.6) is 0 Å². The Labute approximate surface area is 177 Å². The quantitative estimate of drug-likeness (QED) is 0.554. The molecule has 0 N–H and O–H groups in total. The molecule has 2 aromatic heterocycles. The summed E-state index contributed by atoms with van der Waals surface area (Å²) >= 11 is 3.41. The van der Waals surface area contributed by atoms with Crippen molar-refractivity contribution in [1.29, 1.82) is 0 Å². The van der Waals surface area contributed by atoms with E-state index in [1.807, 2.05) is 28.5 Å². The van der Waals surface area contributed by atoms with Gasteiger partial charge in [0.15, 0.2) is 0 Å². The van der Waals surface area contributed by atoms with Crippen LogP contribution in [0.15, 0.2) is 41.1 Å². The zero-order valence-electron chi connectivity index (χ0n) is 16.0. The van der Waals surface area contributed by atoms with Crippen molar-refractivity contribution in [1.82, 2.24) is 9.80 Å². The van der Waals surface area contributed by atoms with Gasteiger partial charge in [0.1, 0.15) is 0 Å². The van der Waals surface area contributed by atoms with Crippen LogP contribution in [0.25, 0.3) is 0 Å². The van der Waals surface area contributed by atoms with Crippen molar-refractivity contribution in [3.8, 4) is 0 Å². The number of amides is 3. The van der Waals surface area contributed by atoms with E-state index in [-0.39, 0.29) is 48.6 Å². The van der Waals surface area contributed by atoms with Crippen molar-refractivity contribution < 1.29 is 14.4 Å². The summed E-state index contributed by atoms with van der Waals surface area (Å²) in [5, 5.41) is 4.13. The smallest absolute Gasteiger partial charge is 0.233 e. The number of rotatable bonds is 4. The minimum absolute atomic E-state index is 0.00819. The Bertz CT molecular complexity index is 952. The molecule has 150 valence electrons. The van der Waals surface area contributed by atoms with E-state index in [2.05, 4.69) is 17.5 Å². The maximum Gasteiger partial charge on any atom is 0.233 e. The van der Waals surface area contributed by atoms with Gasteiger partial charge in [-0.25, -0.2) is 0 Å². The minimum Gasteiger partial charge on any atom is -0.330 e. The molecule has 0 aromatic carbocycles. The largest absolute Gasteiger partial charge is 0.330 e. The number of fused-ring (bicyclic) bond motifs is 2. The molecule has 3 aliphatic rings. The highest BCUT2D eigenvalue weighted by Gasteiger charge is 2.47. The van der Waals surface area contributed by atoms with Crippen molar-refractivity contribution in [2.45, 2.75) is 31.7 Å². The third-order valence-corrected chi connectivity index (χ3v) is 8.17. The summed E-state index contributed by atoms with van der Waals surface area (Å²) in [5.41, 5.74) is 1.21. The molecule has 0 saturated carbocycles. The Morgan fingerprint density at radius 2 is 1.79 bits per heavy atom. The summed E-state index contributed by atoms with van der Waals surface area (Å²) in [4.78, 5) is 44.3. The fraction of sp³-hybridized carbons (Fsp3) is 0.409. The molecule has 0 unspecified atom stereocenters. The van der Waals surface area contributed by atoms with E-state index in [4.69, 9.17) is 0 Å². The summed E-state index contributed by atoms with van der Waals surface area (Å²) in [6.45, 7) is 0.861. The Morgan fingerprint density at radius 3 is 2.48 bits per heavy atom. The standard InChI is InChI=1S/C22H22N2O3S2/c25-19(8-11-24-21(26)14-4-1-2-5-15(14)22(24)27)23-10-7-17-16(9-13-29-17)20(23)18-6-3-12-28-18/h1-3,6,9,12-15,20H,4-5,7-8,10-11H2/t14-,15-,20-/m1/s1. The van der Waals surface area contributed by atoms with Gasteiger partial charge >= 0.3 is 0 Å². The minimum atomic E-state index is -0.232. The number of carbonyl (C=O) groups excluding carboxylic acids is 3. The molecule has 0 bridgehead atoms. The van der Waals surface area contributed by atoms with E-state index < -0.39 is 0 Å². The number of hydrogen-bond acceptors (Lipinski definition) is 5. The molecule has 2 aromatic rings. The van der Waals surface area contributed by atoms with Gasteiger partial charge < -0.3 is 4.90 Å². The number of nitrogens with zero attached hydrogens (tertiary/aromatic N) is 2. The van der Waals surface area contributed by atoms with Crippen molar-refractivity contribution in [2.75, 3.05) is 13.1 Å². The van der Waals surface area contributed by atoms with Gasteiger partial charge in [-0.3, -0.25) is 19.3 Å². The molecule has 7 heteroatoms. The number of carbonyl (C=O) groups is 3. The average molecular weight is 427 g/mol. The highest BCUT2D eigenvalue weighted by Crippen LogP contribution is 2.40. The molecule has 3 amide bonds. The third-order valence-electron chi connectivity index (χ3n) is 6.25. The van der Waals surface area contributed by atoms with E-state index in [0.29, 0.717) is 19.4 Å². The van der Waals surface area contributed by atoms with Crippen LogP contribution >= 0.6 is 22.7 Å². The van der Waals surface area contributed by atoms with Gasteiger partial charge in [0.2, 0.25) is 17.7 Å². The molecule has 1 aliphatic carbocycles. The average Bonchev–Trinajstić information content (AvgIpc) is 3.48. The van der Waals surface area contributed by atoms with E-state index >= 15 is 0 Å². The summed E-state index contributed by atoms with van der Waals surface area (Å²) in [6, 6.07) is 6.15. The Kier molecular flexibility index (Phi) is 4.87. The molecular weight excluding hydrogens is 404 g/mol. The first-order valence-corrected chi connectivity index (χ1v) is 11.8. The number of allylic oxidation sites excluding steroid dienone is 2. The van der Waals surface area contributed by atoms with Crippen LogP contribution in [0.2, 0.25) is 0 Å². The first kappa shape index (κ1) is 18.8. The second-order valence-electron chi connectivity index (χ2n) is 7.79. The maximum absolute atomic E-state index is 13.2. The maximum atomic E-state index is 13.2. The summed E-state index contributed by atoms with van der Waals surface area (Å²) in [7, 11) is 0. The predicted octanol–water partition coefficient (Wildman–Crippen LogP) is 3.63. The Balaban J connectivity index is 1.32. The van der Waals surface area contributed by atoms with Gasteiger partial charge in [-0.1, -0.05) is 18.2 Å². The topological polar surface area (TPSA) is 57.7 Å². The van der Waals surface area contributed by atoms with Gasteiger partial charge in [0, 0.05) is 29.3 Å². The summed E-state index contributed by atoms with van der Waals surface area (Å²) < 4.78 is 0. The van der Waals surface area contributed by atoms with Crippen LogP contribution in [-0.2, 0) is 20.8 Å². The number of hydrogen-bond donors (Lipinski definition) is 0. The first-order chi connectivity index (χ1) is 14.1. The first-order valence-electron chi connectivity index (χ1n) is 10.0. The van der Waals surface area contributed by atoms with Crippen molar-refractivity contribution in [2.24, 2.45) is 11.8 Å². The molecule has 4 heterocycles. The second-order valence-corrected chi connectivity index (χ2v) is 9.77. The lowest BCUT2D eigenvalue weighted by molar-refractivity contribution is -0.141. The van der Waals surface area contributed by atoms with Crippen LogP contribution in [0.3, 0.4) is 0 Å². The molecule has 1 fully saturated rings. The van der Waals surface area contributed by atoms with Crippen LogP contribution < -0.4 is 0 Å². The van der Waals surface area contributed by atoms with Gasteiger partial charge in [0.25, 0.3) is 0 Å². The van der Waals surface area contributed by atoms with Crippen LogP contribution in [0, 0.1) is 11.8 Å². The lowest BCUT2D eigenvalue weighted by Crippen LogP contribution is -2.42.